The van der Waals surface area contributed by atoms with Crippen molar-refractivity contribution in [2.75, 3.05) is 13.1 Å². The third-order valence-electron chi connectivity index (χ3n) is 5.94. The van der Waals surface area contributed by atoms with E-state index in [2.05, 4.69) is 25.8 Å². The van der Waals surface area contributed by atoms with E-state index in [0.29, 0.717) is 18.8 Å². The van der Waals surface area contributed by atoms with Gasteiger partial charge in [0.05, 0.1) is 18.4 Å². The molecule has 184 valence electrons. The van der Waals surface area contributed by atoms with Crippen molar-refractivity contribution in [2.24, 2.45) is 11.6 Å². The van der Waals surface area contributed by atoms with E-state index in [-0.39, 0.29) is 18.2 Å². The molecule has 2 atom stereocenters. The van der Waals surface area contributed by atoms with Crippen LogP contribution in [0.2, 0.25) is 0 Å². The third-order valence-corrected chi connectivity index (χ3v) is 5.94. The van der Waals surface area contributed by atoms with Crippen molar-refractivity contribution in [1.82, 2.24) is 30.8 Å². The van der Waals surface area contributed by atoms with Crippen LogP contribution in [0, 0.1) is 0 Å². The summed E-state index contributed by atoms with van der Waals surface area (Å²) in [7, 11) is 0. The Morgan fingerprint density at radius 2 is 1.97 bits per heavy atom. The minimum absolute atomic E-state index is 0.0641. The number of aromatic nitrogens is 3. The second-order valence-electron chi connectivity index (χ2n) is 8.59. The predicted octanol–water partition coefficient (Wildman–Crippen LogP) is 1.68. The van der Waals surface area contributed by atoms with Crippen molar-refractivity contribution < 1.29 is 9.53 Å². The van der Waals surface area contributed by atoms with E-state index >= 15 is 0 Å². The number of rotatable bonds is 10. The molecule has 35 heavy (non-hydrogen) atoms. The fourth-order valence-electron chi connectivity index (χ4n) is 4.09. The van der Waals surface area contributed by atoms with Crippen molar-refractivity contribution in [3.63, 3.8) is 0 Å². The summed E-state index contributed by atoms with van der Waals surface area (Å²) in [6, 6.07) is 12.0. The summed E-state index contributed by atoms with van der Waals surface area (Å²) < 4.78 is 5.70. The van der Waals surface area contributed by atoms with Gasteiger partial charge in [-0.15, -0.1) is 0 Å². The first-order valence-corrected chi connectivity index (χ1v) is 11.7. The van der Waals surface area contributed by atoms with Crippen LogP contribution in [0.4, 0.5) is 4.79 Å². The van der Waals surface area contributed by atoms with Gasteiger partial charge in [0.2, 0.25) is 0 Å². The minimum Gasteiger partial charge on any atom is -0.445 e. The van der Waals surface area contributed by atoms with Crippen molar-refractivity contribution in [2.45, 2.75) is 38.0 Å². The number of nitrogens with one attached hydrogen (secondary N) is 3. The van der Waals surface area contributed by atoms with Gasteiger partial charge >= 0.3 is 6.09 Å². The van der Waals surface area contributed by atoms with Crippen LogP contribution in [-0.2, 0) is 24.1 Å². The number of aromatic amines is 1. The van der Waals surface area contributed by atoms with Gasteiger partial charge in [0.25, 0.3) is 0 Å². The standard InChI is InChI=1S/C25H32N8O2/c26-22(17-33(27)16-20-14-31-32-15-20)21-3-1-19(2-4-21)13-23-24(8-12-29-23)35-25(34)30-11-7-18-5-9-28-10-6-18/h1-6,9-10,14-15,17,23-24,29H,7-8,11-13,16,26-27H2,(H,30,34)(H,31,32)/b22-17-. The maximum Gasteiger partial charge on any atom is 0.407 e. The van der Waals surface area contributed by atoms with Crippen molar-refractivity contribution >= 4 is 11.8 Å². The van der Waals surface area contributed by atoms with Gasteiger partial charge in [-0.1, -0.05) is 24.3 Å². The molecule has 3 heterocycles. The van der Waals surface area contributed by atoms with Crippen LogP contribution >= 0.6 is 0 Å². The second-order valence-corrected chi connectivity index (χ2v) is 8.59. The molecule has 10 nitrogen and oxygen atoms in total. The molecule has 0 bridgehead atoms. The topological polar surface area (TPSA) is 147 Å². The SMILES string of the molecule is N/C(=C\N(N)Cc1cn[nH]c1)c1ccc(CC2NCCC2OC(=O)NCCc2ccncc2)cc1. The van der Waals surface area contributed by atoms with E-state index < -0.39 is 0 Å². The van der Waals surface area contributed by atoms with Crippen LogP contribution in [0.3, 0.4) is 0 Å². The minimum atomic E-state index is -0.382. The zero-order chi connectivity index (χ0) is 24.5. The van der Waals surface area contributed by atoms with Crippen LogP contribution in [0.15, 0.2) is 67.4 Å². The molecule has 2 unspecified atom stereocenters. The summed E-state index contributed by atoms with van der Waals surface area (Å²) in [6.45, 7) is 1.84. The Kier molecular flexibility index (Phi) is 8.31. The maximum atomic E-state index is 12.3. The smallest absolute Gasteiger partial charge is 0.407 e. The Morgan fingerprint density at radius 3 is 2.71 bits per heavy atom. The van der Waals surface area contributed by atoms with Gasteiger partial charge in [0.15, 0.2) is 0 Å². The number of amides is 1. The molecule has 7 N–H and O–H groups in total. The summed E-state index contributed by atoms with van der Waals surface area (Å²) >= 11 is 0. The fraction of sp³-hybridized carbons (Fsp3) is 0.320. The van der Waals surface area contributed by atoms with E-state index in [1.165, 1.54) is 5.01 Å². The van der Waals surface area contributed by atoms with Crippen LogP contribution in [0.25, 0.3) is 5.70 Å². The first-order chi connectivity index (χ1) is 17.1. The first kappa shape index (κ1) is 24.2. The maximum absolute atomic E-state index is 12.3. The average Bonchev–Trinajstić information content (AvgIpc) is 3.52. The summed E-state index contributed by atoms with van der Waals surface area (Å²) in [4.78, 5) is 16.3. The fourth-order valence-corrected chi connectivity index (χ4v) is 4.09. The molecular formula is C25H32N8O2. The van der Waals surface area contributed by atoms with E-state index in [0.717, 1.165) is 48.1 Å². The van der Waals surface area contributed by atoms with Crippen LogP contribution in [0.5, 0.6) is 0 Å². The monoisotopic (exact) mass is 476 g/mol. The Labute approximate surface area is 204 Å². The molecule has 4 rings (SSSR count). The van der Waals surface area contributed by atoms with Gasteiger partial charge in [0, 0.05) is 42.9 Å². The van der Waals surface area contributed by atoms with Crippen LogP contribution in [0.1, 0.15) is 28.7 Å². The largest absolute Gasteiger partial charge is 0.445 e. The van der Waals surface area contributed by atoms with Crippen LogP contribution in [-0.4, -0.2) is 51.5 Å². The number of hydrazine groups is 1. The Hall–Kier alpha value is -3.89. The Bertz CT molecular complexity index is 1090. The number of carbonyl (C=O) groups is 1. The third kappa shape index (κ3) is 7.29. The highest BCUT2D eigenvalue weighted by Crippen LogP contribution is 2.18. The lowest BCUT2D eigenvalue weighted by Crippen LogP contribution is -2.38. The molecular weight excluding hydrogens is 444 g/mol. The van der Waals surface area contributed by atoms with Gasteiger partial charge in [-0.2, -0.15) is 5.10 Å². The van der Waals surface area contributed by atoms with E-state index in [1.807, 2.05) is 36.4 Å². The Balaban J connectivity index is 1.25. The number of nitrogens with zero attached hydrogens (tertiary/aromatic N) is 3. The molecule has 0 aliphatic carbocycles. The number of hydrogen-bond donors (Lipinski definition) is 5. The number of ether oxygens (including phenoxy) is 1. The molecule has 10 heteroatoms. The average molecular weight is 477 g/mol. The zero-order valence-electron chi connectivity index (χ0n) is 19.6. The molecule has 0 saturated carbocycles. The van der Waals surface area contributed by atoms with E-state index in [1.54, 1.807) is 31.0 Å². The molecule has 2 aromatic heterocycles. The lowest BCUT2D eigenvalue weighted by atomic mass is 10.0. The van der Waals surface area contributed by atoms with Crippen LogP contribution < -0.4 is 22.2 Å². The molecule has 0 spiro atoms. The highest BCUT2D eigenvalue weighted by atomic mass is 16.6. The summed E-state index contributed by atoms with van der Waals surface area (Å²) in [5.74, 6) is 6.03. The lowest BCUT2D eigenvalue weighted by Gasteiger charge is -2.20. The first-order valence-electron chi connectivity index (χ1n) is 11.7. The highest BCUT2D eigenvalue weighted by molar-refractivity contribution is 5.67. The number of H-pyrrole nitrogens is 1. The summed E-state index contributed by atoms with van der Waals surface area (Å²) in [5, 5.41) is 14.5. The van der Waals surface area contributed by atoms with Gasteiger partial charge < -0.3 is 26.1 Å². The Morgan fingerprint density at radius 1 is 1.17 bits per heavy atom. The van der Waals surface area contributed by atoms with Gasteiger partial charge in [-0.05, 0) is 54.6 Å². The number of pyridine rings is 1. The highest BCUT2D eigenvalue weighted by Gasteiger charge is 2.30. The molecule has 1 aromatic carbocycles. The van der Waals surface area contributed by atoms with E-state index in [4.69, 9.17) is 16.3 Å². The van der Waals surface area contributed by atoms with E-state index in [9.17, 15) is 4.79 Å². The predicted molar refractivity (Wildman–Crippen MR) is 133 cm³/mol. The normalized spacial score (nSPS) is 17.8. The van der Waals surface area contributed by atoms with Crippen molar-refractivity contribution in [3.05, 3.63) is 89.6 Å². The number of hydrogen-bond acceptors (Lipinski definition) is 8. The lowest BCUT2D eigenvalue weighted by molar-refractivity contribution is 0.0902. The van der Waals surface area contributed by atoms with Gasteiger partial charge in [-0.3, -0.25) is 10.1 Å². The van der Waals surface area contributed by atoms with Gasteiger partial charge in [0.1, 0.15) is 6.10 Å². The molecule has 0 radical (unpaired) electrons. The molecule has 1 fully saturated rings. The molecule has 1 aliphatic rings. The summed E-state index contributed by atoms with van der Waals surface area (Å²) in [5.41, 5.74) is 10.9. The van der Waals surface area contributed by atoms with Gasteiger partial charge in [-0.25, -0.2) is 10.6 Å². The number of carbonyl (C=O) groups excluding carboxylic acids is 1. The quantitative estimate of drug-likeness (QED) is 0.219. The summed E-state index contributed by atoms with van der Waals surface area (Å²) in [6.07, 6.45) is 10.4. The number of alkyl carbamates (subject to hydrolysis) is 1. The zero-order valence-corrected chi connectivity index (χ0v) is 19.6. The number of nitrogens with two attached hydrogens (primary N) is 2. The molecule has 3 aromatic rings. The second kappa shape index (κ2) is 12.0. The molecule has 1 amide bonds. The van der Waals surface area contributed by atoms with Crippen molar-refractivity contribution in [1.29, 1.82) is 0 Å². The molecule has 1 aliphatic heterocycles. The number of benzene rings is 1. The molecule has 1 saturated heterocycles. The van der Waals surface area contributed by atoms with Crippen molar-refractivity contribution in [3.8, 4) is 0 Å².